The molecule has 0 aliphatic carbocycles. The first-order chi connectivity index (χ1) is 10.0. The molecule has 114 valence electrons. The van der Waals surface area contributed by atoms with Crippen LogP contribution in [0.25, 0.3) is 0 Å². The largest absolute Gasteiger partial charge is 0.464 e. The van der Waals surface area contributed by atoms with Gasteiger partial charge in [-0.2, -0.15) is 0 Å². The molecule has 1 aromatic carbocycles. The number of esters is 1. The Morgan fingerprint density at radius 1 is 1.62 bits per heavy atom. The number of hydrogen-bond donors (Lipinski definition) is 1. The summed E-state index contributed by atoms with van der Waals surface area (Å²) in [5.41, 5.74) is -0.132. The fourth-order valence-corrected chi connectivity index (χ4v) is 2.33. The van der Waals surface area contributed by atoms with Crippen molar-refractivity contribution in [2.45, 2.75) is 13.0 Å². The van der Waals surface area contributed by atoms with Gasteiger partial charge in [0.15, 0.2) is 0 Å². The lowest BCUT2D eigenvalue weighted by Crippen LogP contribution is -2.55. The number of anilines is 1. The van der Waals surface area contributed by atoms with Crippen molar-refractivity contribution in [3.05, 3.63) is 34.1 Å². The number of hydrogen-bond acceptors (Lipinski definition) is 6. The SMILES string of the molecule is CCOC(=O)C1CNCCN1c1ccc(F)cc1[N+](=O)[O-]. The molecule has 1 aromatic rings. The number of carbonyl (C=O) groups excluding carboxylic acids is 1. The first kappa shape index (κ1) is 15.2. The number of nitro benzene ring substituents is 1. The highest BCUT2D eigenvalue weighted by atomic mass is 19.1. The summed E-state index contributed by atoms with van der Waals surface area (Å²) in [4.78, 5) is 24.0. The van der Waals surface area contributed by atoms with Crippen LogP contribution in [-0.4, -0.2) is 43.2 Å². The summed E-state index contributed by atoms with van der Waals surface area (Å²) in [6.07, 6.45) is 0. The minimum atomic E-state index is -0.687. The molecular weight excluding hydrogens is 281 g/mol. The third-order valence-corrected chi connectivity index (χ3v) is 3.25. The van der Waals surface area contributed by atoms with Gasteiger partial charge in [0.2, 0.25) is 0 Å². The molecule has 8 heteroatoms. The molecule has 0 aromatic heterocycles. The van der Waals surface area contributed by atoms with Crippen molar-refractivity contribution in [1.29, 1.82) is 0 Å². The Bertz CT molecular complexity index is 552. The molecule has 1 fully saturated rings. The smallest absolute Gasteiger partial charge is 0.330 e. The Kier molecular flexibility index (Phi) is 4.69. The van der Waals surface area contributed by atoms with Gasteiger partial charge in [0.25, 0.3) is 5.69 Å². The Balaban J connectivity index is 2.37. The number of carbonyl (C=O) groups is 1. The van der Waals surface area contributed by atoms with E-state index in [1.54, 1.807) is 11.8 Å². The summed E-state index contributed by atoms with van der Waals surface area (Å²) in [7, 11) is 0. The number of piperazine rings is 1. The first-order valence-corrected chi connectivity index (χ1v) is 6.62. The van der Waals surface area contributed by atoms with Crippen LogP contribution < -0.4 is 10.2 Å². The van der Waals surface area contributed by atoms with Crippen molar-refractivity contribution in [1.82, 2.24) is 5.32 Å². The van der Waals surface area contributed by atoms with Crippen LogP contribution in [-0.2, 0) is 9.53 Å². The van der Waals surface area contributed by atoms with E-state index in [2.05, 4.69) is 5.32 Å². The Morgan fingerprint density at radius 2 is 2.38 bits per heavy atom. The lowest BCUT2D eigenvalue weighted by molar-refractivity contribution is -0.384. The number of rotatable bonds is 4. The molecule has 1 saturated heterocycles. The normalized spacial score (nSPS) is 18.4. The summed E-state index contributed by atoms with van der Waals surface area (Å²) < 4.78 is 18.2. The lowest BCUT2D eigenvalue weighted by atomic mass is 10.1. The summed E-state index contributed by atoms with van der Waals surface area (Å²) in [6.45, 7) is 3.22. The molecule has 0 spiro atoms. The van der Waals surface area contributed by atoms with Crippen LogP contribution in [0.15, 0.2) is 18.2 Å². The molecule has 2 rings (SSSR count). The summed E-state index contributed by atoms with van der Waals surface area (Å²) in [5.74, 6) is -1.14. The zero-order chi connectivity index (χ0) is 15.4. The molecule has 1 unspecified atom stereocenters. The third kappa shape index (κ3) is 3.27. The van der Waals surface area contributed by atoms with Crippen molar-refractivity contribution in [3.8, 4) is 0 Å². The summed E-state index contributed by atoms with van der Waals surface area (Å²) >= 11 is 0. The van der Waals surface area contributed by atoms with Gasteiger partial charge in [0.1, 0.15) is 17.5 Å². The second kappa shape index (κ2) is 6.49. The van der Waals surface area contributed by atoms with Gasteiger partial charge in [-0.15, -0.1) is 0 Å². The fraction of sp³-hybridized carbons (Fsp3) is 0.462. The van der Waals surface area contributed by atoms with E-state index < -0.39 is 22.8 Å². The van der Waals surface area contributed by atoms with Crippen LogP contribution in [0.1, 0.15) is 6.92 Å². The number of benzene rings is 1. The number of nitrogens with zero attached hydrogens (tertiary/aromatic N) is 2. The zero-order valence-electron chi connectivity index (χ0n) is 11.5. The molecule has 0 saturated carbocycles. The molecule has 0 radical (unpaired) electrons. The molecular formula is C13H16FN3O4. The topological polar surface area (TPSA) is 84.7 Å². The fourth-order valence-electron chi connectivity index (χ4n) is 2.33. The van der Waals surface area contributed by atoms with Crippen LogP contribution in [0.3, 0.4) is 0 Å². The zero-order valence-corrected chi connectivity index (χ0v) is 11.5. The maximum Gasteiger partial charge on any atom is 0.330 e. The van der Waals surface area contributed by atoms with Crippen molar-refractivity contribution in [2.24, 2.45) is 0 Å². The first-order valence-electron chi connectivity index (χ1n) is 6.62. The molecule has 0 bridgehead atoms. The molecule has 0 amide bonds. The van der Waals surface area contributed by atoms with E-state index in [0.717, 1.165) is 12.1 Å². The van der Waals surface area contributed by atoms with Crippen molar-refractivity contribution in [3.63, 3.8) is 0 Å². The lowest BCUT2D eigenvalue weighted by Gasteiger charge is -2.35. The number of nitro groups is 1. The van der Waals surface area contributed by atoms with E-state index in [4.69, 9.17) is 4.74 Å². The maximum atomic E-state index is 13.2. The molecule has 21 heavy (non-hydrogen) atoms. The van der Waals surface area contributed by atoms with Gasteiger partial charge in [-0.1, -0.05) is 0 Å². The summed E-state index contributed by atoms with van der Waals surface area (Å²) in [5, 5.41) is 14.1. The van der Waals surface area contributed by atoms with Crippen molar-refractivity contribution in [2.75, 3.05) is 31.1 Å². The van der Waals surface area contributed by atoms with E-state index in [9.17, 15) is 19.3 Å². The van der Waals surface area contributed by atoms with Gasteiger partial charge in [-0.05, 0) is 19.1 Å². The molecule has 1 aliphatic heterocycles. The maximum absolute atomic E-state index is 13.2. The predicted octanol–water partition coefficient (Wildman–Crippen LogP) is 1.08. The summed E-state index contributed by atoms with van der Waals surface area (Å²) in [6, 6.07) is 2.67. The van der Waals surface area contributed by atoms with Crippen LogP contribution in [0.4, 0.5) is 15.8 Å². The van der Waals surface area contributed by atoms with Gasteiger partial charge >= 0.3 is 5.97 Å². The Hall–Kier alpha value is -2.22. The molecule has 1 aliphatic rings. The van der Waals surface area contributed by atoms with Crippen LogP contribution >= 0.6 is 0 Å². The van der Waals surface area contributed by atoms with Gasteiger partial charge in [0, 0.05) is 19.6 Å². The minimum Gasteiger partial charge on any atom is -0.464 e. The minimum absolute atomic E-state index is 0.223. The van der Waals surface area contributed by atoms with Crippen LogP contribution in [0.2, 0.25) is 0 Å². The molecule has 1 atom stereocenters. The Labute approximate surface area is 120 Å². The monoisotopic (exact) mass is 297 g/mol. The molecule has 1 N–H and O–H groups in total. The second-order valence-corrected chi connectivity index (χ2v) is 4.56. The van der Waals surface area contributed by atoms with Crippen LogP contribution in [0.5, 0.6) is 0 Å². The Morgan fingerprint density at radius 3 is 3.05 bits per heavy atom. The van der Waals surface area contributed by atoms with E-state index in [-0.39, 0.29) is 18.0 Å². The number of nitrogens with one attached hydrogen (secondary N) is 1. The molecule has 7 nitrogen and oxygen atoms in total. The number of ether oxygens (including phenoxy) is 1. The van der Waals surface area contributed by atoms with Gasteiger partial charge in [0.05, 0.1) is 17.6 Å². The van der Waals surface area contributed by atoms with Gasteiger partial charge in [-0.25, -0.2) is 9.18 Å². The van der Waals surface area contributed by atoms with E-state index in [1.807, 2.05) is 0 Å². The van der Waals surface area contributed by atoms with E-state index in [0.29, 0.717) is 19.6 Å². The van der Waals surface area contributed by atoms with Gasteiger partial charge in [-0.3, -0.25) is 10.1 Å². The predicted molar refractivity (Wildman–Crippen MR) is 73.7 cm³/mol. The highest BCUT2D eigenvalue weighted by molar-refractivity contribution is 5.82. The van der Waals surface area contributed by atoms with Crippen molar-refractivity contribution < 1.29 is 18.8 Å². The third-order valence-electron chi connectivity index (χ3n) is 3.25. The van der Waals surface area contributed by atoms with Crippen LogP contribution in [0, 0.1) is 15.9 Å². The van der Waals surface area contributed by atoms with E-state index >= 15 is 0 Å². The quantitative estimate of drug-likeness (QED) is 0.508. The van der Waals surface area contributed by atoms with Crippen molar-refractivity contribution >= 4 is 17.3 Å². The van der Waals surface area contributed by atoms with Gasteiger partial charge < -0.3 is 15.0 Å². The average molecular weight is 297 g/mol. The second-order valence-electron chi connectivity index (χ2n) is 4.56. The highest BCUT2D eigenvalue weighted by Gasteiger charge is 2.33. The van der Waals surface area contributed by atoms with E-state index in [1.165, 1.54) is 6.07 Å². The average Bonchev–Trinajstić information content (AvgIpc) is 2.47. The standard InChI is InChI=1S/C13H16FN3O4/c1-2-21-13(18)12-8-15-5-6-16(12)10-4-3-9(14)7-11(10)17(19)20/h3-4,7,12,15H,2,5-6,8H2,1H3. The molecule has 1 heterocycles. The highest BCUT2D eigenvalue weighted by Crippen LogP contribution is 2.31. The number of halogens is 1.